The van der Waals surface area contributed by atoms with Gasteiger partial charge >= 0.3 is 6.01 Å². The molecule has 2 N–H and O–H groups in total. The van der Waals surface area contributed by atoms with Crippen LogP contribution in [-0.4, -0.2) is 46.5 Å². The second kappa shape index (κ2) is 7.46. The molecule has 2 amide bonds. The maximum Gasteiger partial charge on any atom is 0.312 e. The number of nitrogen functional groups attached to an aromatic ring is 1. The van der Waals surface area contributed by atoms with Gasteiger partial charge in [0, 0.05) is 36.8 Å². The molecule has 1 aromatic heterocycles. The van der Waals surface area contributed by atoms with Gasteiger partial charge in [-0.25, -0.2) is 0 Å². The number of fused-ring (bicyclic) bond motifs is 1. The predicted molar refractivity (Wildman–Crippen MR) is 104 cm³/mol. The van der Waals surface area contributed by atoms with Crippen molar-refractivity contribution in [3.8, 4) is 0 Å². The SMILES string of the molecule is C=CC(=O)N1CCCc2cc(C(=O)N3CCC(c4nnc(N)o4)CC3)ccc21. The molecule has 0 aliphatic carbocycles. The van der Waals surface area contributed by atoms with Crippen molar-refractivity contribution < 1.29 is 14.0 Å². The van der Waals surface area contributed by atoms with Crippen molar-refractivity contribution in [3.05, 3.63) is 47.9 Å². The Morgan fingerprint density at radius 1 is 1.21 bits per heavy atom. The standard InChI is InChI=1S/C20H23N5O3/c1-2-17(26)25-9-3-4-14-12-15(5-6-16(14)25)19(27)24-10-7-13(8-11-24)18-22-23-20(21)28-18/h2,5-6,12-13H,1,3-4,7-11H2,(H2,21,23). The fourth-order valence-electron chi connectivity index (χ4n) is 3.99. The van der Waals surface area contributed by atoms with Crippen LogP contribution in [0.4, 0.5) is 11.7 Å². The lowest BCUT2D eigenvalue weighted by Gasteiger charge is -2.32. The average Bonchev–Trinajstić information content (AvgIpc) is 3.18. The normalized spacial score (nSPS) is 17.3. The number of nitrogens with two attached hydrogens (primary N) is 1. The van der Waals surface area contributed by atoms with Crippen molar-refractivity contribution in [2.75, 3.05) is 30.3 Å². The molecule has 0 bridgehead atoms. The van der Waals surface area contributed by atoms with Crippen LogP contribution in [0.3, 0.4) is 0 Å². The predicted octanol–water partition coefficient (Wildman–Crippen LogP) is 2.14. The van der Waals surface area contributed by atoms with Gasteiger partial charge in [0.1, 0.15) is 0 Å². The lowest BCUT2D eigenvalue weighted by atomic mass is 9.95. The van der Waals surface area contributed by atoms with Crippen LogP contribution >= 0.6 is 0 Å². The summed E-state index contributed by atoms with van der Waals surface area (Å²) in [6.07, 6.45) is 4.59. The minimum Gasteiger partial charge on any atom is -0.408 e. The van der Waals surface area contributed by atoms with Crippen LogP contribution in [0.1, 0.15) is 47.0 Å². The van der Waals surface area contributed by atoms with Gasteiger partial charge < -0.3 is 20.0 Å². The summed E-state index contributed by atoms with van der Waals surface area (Å²) in [6.45, 7) is 5.51. The number of carbonyl (C=O) groups is 2. The van der Waals surface area contributed by atoms with E-state index in [1.807, 2.05) is 17.0 Å². The highest BCUT2D eigenvalue weighted by atomic mass is 16.4. The molecule has 0 atom stereocenters. The molecule has 28 heavy (non-hydrogen) atoms. The Labute approximate surface area is 163 Å². The number of rotatable bonds is 3. The van der Waals surface area contributed by atoms with Crippen LogP contribution in [0.2, 0.25) is 0 Å². The van der Waals surface area contributed by atoms with Crippen molar-refractivity contribution in [2.24, 2.45) is 0 Å². The van der Waals surface area contributed by atoms with Gasteiger partial charge in [0.2, 0.25) is 11.8 Å². The highest BCUT2D eigenvalue weighted by molar-refractivity contribution is 6.02. The summed E-state index contributed by atoms with van der Waals surface area (Å²) in [5.41, 5.74) is 8.06. The second-order valence-electron chi connectivity index (χ2n) is 7.19. The third kappa shape index (κ3) is 3.37. The summed E-state index contributed by atoms with van der Waals surface area (Å²) in [7, 11) is 0. The van der Waals surface area contributed by atoms with Crippen LogP contribution in [0.25, 0.3) is 0 Å². The number of anilines is 2. The zero-order valence-electron chi connectivity index (χ0n) is 15.6. The Bertz CT molecular complexity index is 914. The summed E-state index contributed by atoms with van der Waals surface area (Å²) in [4.78, 5) is 28.6. The maximum atomic E-state index is 13.0. The van der Waals surface area contributed by atoms with Crippen LogP contribution in [0, 0.1) is 0 Å². The first kappa shape index (κ1) is 18.2. The van der Waals surface area contributed by atoms with E-state index in [4.69, 9.17) is 10.2 Å². The van der Waals surface area contributed by atoms with Crippen molar-refractivity contribution in [1.82, 2.24) is 15.1 Å². The van der Waals surface area contributed by atoms with Crippen molar-refractivity contribution >= 4 is 23.5 Å². The minimum atomic E-state index is -0.108. The quantitative estimate of drug-likeness (QED) is 0.817. The molecule has 8 nitrogen and oxygen atoms in total. The molecular weight excluding hydrogens is 358 g/mol. The van der Waals surface area contributed by atoms with Crippen LogP contribution in [0.5, 0.6) is 0 Å². The number of piperidine rings is 1. The third-order valence-electron chi connectivity index (χ3n) is 5.47. The number of likely N-dealkylation sites (tertiary alicyclic amines) is 1. The van der Waals surface area contributed by atoms with E-state index in [1.165, 1.54) is 6.08 Å². The summed E-state index contributed by atoms with van der Waals surface area (Å²) >= 11 is 0. The van der Waals surface area contributed by atoms with Gasteiger partial charge in [0.25, 0.3) is 5.91 Å². The Morgan fingerprint density at radius 2 is 2.00 bits per heavy atom. The first-order valence-electron chi connectivity index (χ1n) is 9.52. The number of benzene rings is 1. The fourth-order valence-corrected chi connectivity index (χ4v) is 3.99. The first-order chi connectivity index (χ1) is 13.6. The Kier molecular flexibility index (Phi) is 4.85. The Morgan fingerprint density at radius 3 is 2.68 bits per heavy atom. The molecule has 4 rings (SSSR count). The largest absolute Gasteiger partial charge is 0.408 e. The van der Waals surface area contributed by atoms with Gasteiger partial charge in [-0.1, -0.05) is 11.7 Å². The number of hydrogen-bond donors (Lipinski definition) is 1. The fraction of sp³-hybridized carbons (Fsp3) is 0.400. The lowest BCUT2D eigenvalue weighted by molar-refractivity contribution is -0.114. The van der Waals surface area contributed by atoms with Gasteiger partial charge in [-0.3, -0.25) is 9.59 Å². The van der Waals surface area contributed by atoms with E-state index in [1.54, 1.807) is 11.0 Å². The monoisotopic (exact) mass is 381 g/mol. The van der Waals surface area contributed by atoms with E-state index in [9.17, 15) is 9.59 Å². The summed E-state index contributed by atoms with van der Waals surface area (Å²) < 4.78 is 5.32. The van der Waals surface area contributed by atoms with E-state index < -0.39 is 0 Å². The molecule has 2 aliphatic rings. The van der Waals surface area contributed by atoms with E-state index in [0.717, 1.165) is 36.9 Å². The number of hydrogen-bond acceptors (Lipinski definition) is 6. The van der Waals surface area contributed by atoms with Crippen LogP contribution in [-0.2, 0) is 11.2 Å². The van der Waals surface area contributed by atoms with Gasteiger partial charge in [-0.2, -0.15) is 0 Å². The molecule has 0 unspecified atom stereocenters. The van der Waals surface area contributed by atoms with Crippen LogP contribution < -0.4 is 10.6 Å². The van der Waals surface area contributed by atoms with E-state index in [0.29, 0.717) is 31.1 Å². The highest BCUT2D eigenvalue weighted by Gasteiger charge is 2.28. The zero-order chi connectivity index (χ0) is 19.7. The highest BCUT2D eigenvalue weighted by Crippen LogP contribution is 2.31. The van der Waals surface area contributed by atoms with Gasteiger partial charge in [-0.15, -0.1) is 5.10 Å². The lowest BCUT2D eigenvalue weighted by Crippen LogP contribution is -2.38. The zero-order valence-corrected chi connectivity index (χ0v) is 15.6. The van der Waals surface area contributed by atoms with Crippen molar-refractivity contribution in [3.63, 3.8) is 0 Å². The summed E-state index contributed by atoms with van der Waals surface area (Å²) in [5.74, 6) is 0.587. The minimum absolute atomic E-state index is 0.0125. The molecule has 1 aromatic carbocycles. The molecule has 8 heteroatoms. The molecule has 2 aromatic rings. The summed E-state index contributed by atoms with van der Waals surface area (Å²) in [6, 6.07) is 5.68. The van der Waals surface area contributed by atoms with Crippen molar-refractivity contribution in [1.29, 1.82) is 0 Å². The molecule has 2 aliphatic heterocycles. The molecule has 1 saturated heterocycles. The smallest absolute Gasteiger partial charge is 0.312 e. The van der Waals surface area contributed by atoms with E-state index in [2.05, 4.69) is 16.8 Å². The Balaban J connectivity index is 1.46. The molecule has 0 saturated carbocycles. The van der Waals surface area contributed by atoms with Gasteiger partial charge in [-0.05, 0) is 55.5 Å². The number of nitrogens with zero attached hydrogens (tertiary/aromatic N) is 4. The molecule has 0 spiro atoms. The second-order valence-corrected chi connectivity index (χ2v) is 7.19. The number of amides is 2. The van der Waals surface area contributed by atoms with Crippen LogP contribution in [0.15, 0.2) is 35.3 Å². The topological polar surface area (TPSA) is 106 Å². The van der Waals surface area contributed by atoms with E-state index >= 15 is 0 Å². The molecule has 146 valence electrons. The molecule has 3 heterocycles. The molecule has 0 radical (unpaired) electrons. The van der Waals surface area contributed by atoms with Gasteiger partial charge in [0.05, 0.1) is 0 Å². The molecule has 1 fully saturated rings. The van der Waals surface area contributed by atoms with Crippen molar-refractivity contribution in [2.45, 2.75) is 31.6 Å². The first-order valence-corrected chi connectivity index (χ1v) is 9.52. The Hall–Kier alpha value is -3.16. The molecular formula is C20H23N5O3. The maximum absolute atomic E-state index is 13.0. The van der Waals surface area contributed by atoms with Gasteiger partial charge in [0.15, 0.2) is 0 Å². The summed E-state index contributed by atoms with van der Waals surface area (Å²) in [5, 5.41) is 7.67. The average molecular weight is 381 g/mol. The number of carbonyl (C=O) groups excluding carboxylic acids is 2. The third-order valence-corrected chi connectivity index (χ3v) is 5.47. The number of aromatic nitrogens is 2. The van der Waals surface area contributed by atoms with E-state index in [-0.39, 0.29) is 23.7 Å². The number of aryl methyl sites for hydroxylation is 1.